The Labute approximate surface area is 128 Å². The molecule has 0 aromatic heterocycles. The summed E-state index contributed by atoms with van der Waals surface area (Å²) in [6.45, 7) is 0. The van der Waals surface area contributed by atoms with Gasteiger partial charge in [0.25, 0.3) is 5.67 Å². The summed E-state index contributed by atoms with van der Waals surface area (Å²) in [4.78, 5) is 0. The molecule has 0 nitrogen and oxygen atoms in total. The third-order valence-electron chi connectivity index (χ3n) is 3.30. The summed E-state index contributed by atoms with van der Waals surface area (Å²) in [6.07, 6.45) is -17.1. The van der Waals surface area contributed by atoms with Crippen LogP contribution in [-0.2, 0) is 6.42 Å². The molecule has 0 bridgehead atoms. The van der Waals surface area contributed by atoms with E-state index in [0.29, 0.717) is 0 Å². The van der Waals surface area contributed by atoms with Crippen molar-refractivity contribution in [3.8, 4) is 0 Å². The van der Waals surface area contributed by atoms with Gasteiger partial charge in [0, 0.05) is 6.42 Å². The summed E-state index contributed by atoms with van der Waals surface area (Å²) in [5.41, 5.74) is -6.22. The fourth-order valence-corrected chi connectivity index (χ4v) is 1.86. The maximum atomic E-state index is 13.9. The van der Waals surface area contributed by atoms with Crippen molar-refractivity contribution in [2.24, 2.45) is 0 Å². The van der Waals surface area contributed by atoms with E-state index in [2.05, 4.69) is 0 Å². The van der Waals surface area contributed by atoms with Gasteiger partial charge in [-0.15, -0.1) is 0 Å². The fraction of sp³-hybridized carbons (Fsp3) is 0.538. The van der Waals surface area contributed by atoms with Gasteiger partial charge in [-0.25, -0.2) is 4.39 Å². The molecule has 0 amide bonds. The van der Waals surface area contributed by atoms with Gasteiger partial charge in [-0.2, -0.15) is 43.9 Å². The number of rotatable bonds is 5. The van der Waals surface area contributed by atoms with Gasteiger partial charge < -0.3 is 0 Å². The standard InChI is InChI=1S/C13H9F11/c14-9(12(19,20)21,7-6-8-4-2-1-3-5-8)10(15,16)11(17,18)13(22,23)24/h1-5H,6-7H2. The van der Waals surface area contributed by atoms with Crippen LogP contribution in [0.2, 0.25) is 0 Å². The summed E-state index contributed by atoms with van der Waals surface area (Å²) in [5, 5.41) is 0. The number of hydrogen-bond acceptors (Lipinski definition) is 0. The first-order valence-corrected chi connectivity index (χ1v) is 6.20. The van der Waals surface area contributed by atoms with Crippen molar-refractivity contribution in [2.45, 2.75) is 42.7 Å². The monoisotopic (exact) mass is 374 g/mol. The predicted octanol–water partition coefficient (Wildman–Crippen LogP) is 5.72. The molecule has 138 valence electrons. The van der Waals surface area contributed by atoms with E-state index >= 15 is 0 Å². The van der Waals surface area contributed by atoms with E-state index in [-0.39, 0.29) is 5.56 Å². The van der Waals surface area contributed by atoms with Gasteiger partial charge >= 0.3 is 24.2 Å². The molecule has 0 radical (unpaired) electrons. The maximum absolute atomic E-state index is 13.9. The molecule has 0 aliphatic carbocycles. The van der Waals surface area contributed by atoms with E-state index in [1.165, 1.54) is 18.2 Å². The molecule has 0 fully saturated rings. The van der Waals surface area contributed by atoms with Crippen molar-refractivity contribution in [3.05, 3.63) is 35.9 Å². The molecule has 0 heterocycles. The highest BCUT2D eigenvalue weighted by Gasteiger charge is 2.86. The third kappa shape index (κ3) is 3.30. The van der Waals surface area contributed by atoms with E-state index in [1.807, 2.05) is 0 Å². The largest absolute Gasteiger partial charge is 0.460 e. The number of aryl methyl sites for hydroxylation is 1. The molecule has 11 heteroatoms. The van der Waals surface area contributed by atoms with Crippen LogP contribution in [0.3, 0.4) is 0 Å². The number of halogens is 11. The van der Waals surface area contributed by atoms with Crippen LogP contribution in [-0.4, -0.2) is 29.9 Å². The lowest BCUT2D eigenvalue weighted by Gasteiger charge is -2.39. The van der Waals surface area contributed by atoms with Gasteiger partial charge in [0.1, 0.15) is 0 Å². The van der Waals surface area contributed by atoms with Gasteiger partial charge in [-0.1, -0.05) is 30.3 Å². The lowest BCUT2D eigenvalue weighted by atomic mass is 9.85. The highest BCUT2D eigenvalue weighted by molar-refractivity contribution is 5.17. The van der Waals surface area contributed by atoms with Gasteiger partial charge in [-0.3, -0.25) is 0 Å². The van der Waals surface area contributed by atoms with Gasteiger partial charge in [-0.05, 0) is 12.0 Å². The average molecular weight is 374 g/mol. The molecular formula is C13H9F11. The van der Waals surface area contributed by atoms with Gasteiger partial charge in [0.05, 0.1) is 0 Å². The van der Waals surface area contributed by atoms with Crippen molar-refractivity contribution < 1.29 is 48.3 Å². The van der Waals surface area contributed by atoms with Crippen molar-refractivity contribution in [3.63, 3.8) is 0 Å². The average Bonchev–Trinajstić information content (AvgIpc) is 2.43. The highest BCUT2D eigenvalue weighted by atomic mass is 19.4. The highest BCUT2D eigenvalue weighted by Crippen LogP contribution is 2.58. The number of benzene rings is 1. The van der Waals surface area contributed by atoms with Crippen LogP contribution >= 0.6 is 0 Å². The van der Waals surface area contributed by atoms with E-state index in [1.54, 1.807) is 0 Å². The molecule has 1 aromatic rings. The topological polar surface area (TPSA) is 0 Å². The normalized spacial score (nSPS) is 16.8. The van der Waals surface area contributed by atoms with E-state index < -0.39 is 42.7 Å². The first kappa shape index (κ1) is 20.5. The minimum atomic E-state index is -7.21. The smallest absolute Gasteiger partial charge is 0.227 e. The van der Waals surface area contributed by atoms with Crippen molar-refractivity contribution in [2.75, 3.05) is 0 Å². The molecule has 0 aliphatic rings. The molecule has 1 atom stereocenters. The van der Waals surface area contributed by atoms with Crippen molar-refractivity contribution in [1.82, 2.24) is 0 Å². The number of hydrogen-bond donors (Lipinski definition) is 0. The predicted molar refractivity (Wildman–Crippen MR) is 60.6 cm³/mol. The summed E-state index contributed by atoms with van der Waals surface area (Å²) in [7, 11) is 0. The minimum absolute atomic E-state index is 0.144. The second-order valence-corrected chi connectivity index (χ2v) is 4.93. The van der Waals surface area contributed by atoms with E-state index in [9.17, 15) is 48.3 Å². The summed E-state index contributed by atoms with van der Waals surface area (Å²) < 4.78 is 141. The summed E-state index contributed by atoms with van der Waals surface area (Å²) in [6, 6.07) is 6.02. The Morgan fingerprint density at radius 3 is 1.42 bits per heavy atom. The van der Waals surface area contributed by atoms with E-state index in [4.69, 9.17) is 0 Å². The third-order valence-corrected chi connectivity index (χ3v) is 3.30. The molecule has 0 aliphatic heterocycles. The zero-order chi connectivity index (χ0) is 19.0. The fourth-order valence-electron chi connectivity index (χ4n) is 1.86. The van der Waals surface area contributed by atoms with Crippen LogP contribution in [0, 0.1) is 0 Å². The van der Waals surface area contributed by atoms with Gasteiger partial charge in [0.15, 0.2) is 0 Å². The Morgan fingerprint density at radius 2 is 1.04 bits per heavy atom. The lowest BCUT2D eigenvalue weighted by Crippen LogP contribution is -2.67. The van der Waals surface area contributed by atoms with Crippen LogP contribution in [0.5, 0.6) is 0 Å². The summed E-state index contributed by atoms with van der Waals surface area (Å²) >= 11 is 0. The van der Waals surface area contributed by atoms with Crippen LogP contribution in [0.25, 0.3) is 0 Å². The molecule has 0 saturated heterocycles. The van der Waals surface area contributed by atoms with Crippen LogP contribution in [0.1, 0.15) is 12.0 Å². The second-order valence-electron chi connectivity index (χ2n) is 4.93. The first-order chi connectivity index (χ1) is 10.6. The van der Waals surface area contributed by atoms with Crippen LogP contribution in [0.15, 0.2) is 30.3 Å². The van der Waals surface area contributed by atoms with Crippen molar-refractivity contribution >= 4 is 0 Å². The minimum Gasteiger partial charge on any atom is -0.227 e. The molecule has 1 unspecified atom stereocenters. The molecule has 0 saturated carbocycles. The van der Waals surface area contributed by atoms with E-state index in [0.717, 1.165) is 12.1 Å². The molecule has 24 heavy (non-hydrogen) atoms. The van der Waals surface area contributed by atoms with Crippen LogP contribution < -0.4 is 0 Å². The van der Waals surface area contributed by atoms with Crippen molar-refractivity contribution in [1.29, 1.82) is 0 Å². The molecule has 1 aromatic carbocycles. The quantitative estimate of drug-likeness (QED) is 0.578. The maximum Gasteiger partial charge on any atom is 0.460 e. The zero-order valence-electron chi connectivity index (χ0n) is 11.5. The molecule has 0 N–H and O–H groups in total. The zero-order valence-corrected chi connectivity index (χ0v) is 11.5. The lowest BCUT2D eigenvalue weighted by molar-refractivity contribution is -0.412. The SMILES string of the molecule is FC(F)(F)C(F)(F)C(F)(F)C(F)(CCc1ccccc1)C(F)(F)F. The summed E-state index contributed by atoms with van der Waals surface area (Å²) in [5.74, 6) is -14.3. The Balaban J connectivity index is 3.30. The number of alkyl halides is 11. The first-order valence-electron chi connectivity index (χ1n) is 6.20. The molecular weight excluding hydrogens is 365 g/mol. The Morgan fingerprint density at radius 1 is 0.583 bits per heavy atom. The molecule has 1 rings (SSSR count). The Kier molecular flexibility index (Phi) is 5.18. The van der Waals surface area contributed by atoms with Crippen LogP contribution in [0.4, 0.5) is 48.3 Å². The molecule has 0 spiro atoms. The van der Waals surface area contributed by atoms with Gasteiger partial charge in [0.2, 0.25) is 0 Å². The Bertz CT molecular complexity index is 543. The second kappa shape index (κ2) is 6.07. The Hall–Kier alpha value is -1.55.